The maximum absolute atomic E-state index is 15.0. The molecule has 0 bridgehead atoms. The molecule has 1 unspecified atom stereocenters. The first-order valence-electron chi connectivity index (χ1n) is 13.3. The van der Waals surface area contributed by atoms with Gasteiger partial charge in [-0.3, -0.25) is 0 Å². The van der Waals surface area contributed by atoms with Crippen LogP contribution in [-0.4, -0.2) is 7.11 Å². The van der Waals surface area contributed by atoms with Crippen LogP contribution in [0.5, 0.6) is 5.75 Å². The van der Waals surface area contributed by atoms with E-state index in [9.17, 15) is 8.78 Å². The lowest BCUT2D eigenvalue weighted by molar-refractivity contribution is 0.113. The quantitative estimate of drug-likeness (QED) is 0.330. The molecule has 4 atom stereocenters. The summed E-state index contributed by atoms with van der Waals surface area (Å²) in [7, 11) is 1.21. The summed E-state index contributed by atoms with van der Waals surface area (Å²) in [5.74, 6) is 0.356. The molecule has 34 heavy (non-hydrogen) atoms. The Balaban J connectivity index is 1.36. The molecule has 2 aliphatic carbocycles. The van der Waals surface area contributed by atoms with Crippen LogP contribution >= 0.6 is 0 Å². The lowest BCUT2D eigenvalue weighted by atomic mass is 9.63. The van der Waals surface area contributed by atoms with Crippen molar-refractivity contribution in [3.63, 3.8) is 0 Å². The minimum absolute atomic E-state index is 0.191. The average molecular weight is 473 g/mol. The predicted molar refractivity (Wildman–Crippen MR) is 133 cm³/mol. The van der Waals surface area contributed by atoms with Crippen molar-refractivity contribution in [1.29, 1.82) is 0 Å². The highest BCUT2D eigenvalue weighted by Gasteiger charge is 2.36. The van der Waals surface area contributed by atoms with Crippen LogP contribution in [0.15, 0.2) is 30.3 Å². The third-order valence-electron chi connectivity index (χ3n) is 8.42. The molecule has 4 heteroatoms. The van der Waals surface area contributed by atoms with Gasteiger partial charge in [-0.05, 0) is 85.1 Å². The predicted octanol–water partition coefficient (Wildman–Crippen LogP) is 9.44. The Labute approximate surface area is 203 Å². The van der Waals surface area contributed by atoms with Crippen LogP contribution in [-0.2, 0) is 0 Å². The smallest absolute Gasteiger partial charge is 0.190 e. The molecular weight excluding hydrogens is 433 g/mol. The Hall–Kier alpha value is -1.97. The van der Waals surface area contributed by atoms with Crippen molar-refractivity contribution in [2.24, 2.45) is 17.8 Å². The van der Waals surface area contributed by atoms with E-state index in [4.69, 9.17) is 4.74 Å². The van der Waals surface area contributed by atoms with E-state index in [-0.39, 0.29) is 11.1 Å². The summed E-state index contributed by atoms with van der Waals surface area (Å²) in [6, 6.07) is 7.47. The third kappa shape index (κ3) is 5.80. The van der Waals surface area contributed by atoms with Gasteiger partial charge in [0.15, 0.2) is 17.4 Å². The molecule has 186 valence electrons. The first-order valence-corrected chi connectivity index (χ1v) is 13.3. The van der Waals surface area contributed by atoms with Crippen molar-refractivity contribution < 1.29 is 17.9 Å². The van der Waals surface area contributed by atoms with Crippen molar-refractivity contribution in [1.82, 2.24) is 0 Å². The van der Waals surface area contributed by atoms with E-state index in [1.54, 1.807) is 12.1 Å². The monoisotopic (exact) mass is 472 g/mol. The zero-order valence-electron chi connectivity index (χ0n) is 20.7. The van der Waals surface area contributed by atoms with Crippen LogP contribution in [0.1, 0.15) is 95.5 Å². The largest absolute Gasteiger partial charge is 0.491 e. The van der Waals surface area contributed by atoms with Gasteiger partial charge < -0.3 is 4.74 Å². The number of hydrogen-bond acceptors (Lipinski definition) is 1. The topological polar surface area (TPSA) is 9.23 Å². The van der Waals surface area contributed by atoms with Gasteiger partial charge in [-0.25, -0.2) is 13.2 Å². The fraction of sp³-hybridized carbons (Fsp3) is 0.600. The van der Waals surface area contributed by atoms with Crippen LogP contribution in [0.3, 0.4) is 0 Å². The number of methoxy groups -OCH3 is 1. The molecule has 2 saturated carbocycles. The molecule has 0 spiro atoms. The van der Waals surface area contributed by atoms with Gasteiger partial charge in [0.2, 0.25) is 0 Å². The van der Waals surface area contributed by atoms with Crippen molar-refractivity contribution in [2.45, 2.75) is 89.9 Å². The van der Waals surface area contributed by atoms with Gasteiger partial charge >= 0.3 is 0 Å². The lowest BCUT2D eigenvalue weighted by Gasteiger charge is -2.42. The van der Waals surface area contributed by atoms with E-state index in [0.717, 1.165) is 48.3 Å². The Kier molecular flexibility index (Phi) is 8.60. The number of hydrogen-bond donors (Lipinski definition) is 0. The molecule has 2 fully saturated rings. The molecule has 2 aliphatic rings. The van der Waals surface area contributed by atoms with Crippen molar-refractivity contribution in [3.8, 4) is 16.9 Å². The fourth-order valence-electron chi connectivity index (χ4n) is 6.52. The minimum Gasteiger partial charge on any atom is -0.491 e. The van der Waals surface area contributed by atoms with E-state index in [1.807, 2.05) is 6.07 Å². The summed E-state index contributed by atoms with van der Waals surface area (Å²) in [5.41, 5.74) is 1.43. The van der Waals surface area contributed by atoms with Gasteiger partial charge in [0, 0.05) is 5.56 Å². The summed E-state index contributed by atoms with van der Waals surface area (Å²) < 4.78 is 48.0. The summed E-state index contributed by atoms with van der Waals surface area (Å²) in [6.45, 7) is 2.27. The first-order chi connectivity index (χ1) is 16.5. The van der Waals surface area contributed by atoms with Crippen LogP contribution < -0.4 is 4.74 Å². The standard InChI is InChI=1S/C30H39F3O/c1-3-4-5-6-7-8-20-9-10-22-16-23(12-11-21(22)15-20)24-13-14-26(27(31)17-24)25-18-28(32)30(34-2)29(33)19-25/h13-14,17-23H,3-12,15-16H2,1-2H3/t20?,21-,22-,23-/m1/s1. The van der Waals surface area contributed by atoms with Crippen LogP contribution in [0.2, 0.25) is 0 Å². The Morgan fingerprint density at radius 3 is 2.21 bits per heavy atom. The van der Waals surface area contributed by atoms with E-state index in [2.05, 4.69) is 6.92 Å². The second-order valence-electron chi connectivity index (χ2n) is 10.6. The number of benzene rings is 2. The highest BCUT2D eigenvalue weighted by atomic mass is 19.1. The molecule has 0 heterocycles. The summed E-state index contributed by atoms with van der Waals surface area (Å²) in [4.78, 5) is 0. The molecule has 4 rings (SSSR count). The first kappa shape index (κ1) is 25.1. The molecular formula is C30H39F3O. The number of halogens is 3. The molecule has 0 amide bonds. The van der Waals surface area contributed by atoms with Gasteiger partial charge in [-0.2, -0.15) is 0 Å². The number of rotatable bonds is 9. The van der Waals surface area contributed by atoms with Gasteiger partial charge in [0.05, 0.1) is 7.11 Å². The van der Waals surface area contributed by atoms with Crippen molar-refractivity contribution in [3.05, 3.63) is 53.3 Å². The van der Waals surface area contributed by atoms with Gasteiger partial charge in [-0.15, -0.1) is 0 Å². The molecule has 0 saturated heterocycles. The zero-order chi connectivity index (χ0) is 24.1. The van der Waals surface area contributed by atoms with E-state index in [0.29, 0.717) is 5.92 Å². The molecule has 1 nitrogen and oxygen atoms in total. The normalized spacial score (nSPS) is 24.6. The van der Waals surface area contributed by atoms with E-state index >= 15 is 4.39 Å². The third-order valence-corrected chi connectivity index (χ3v) is 8.42. The minimum atomic E-state index is -0.823. The fourth-order valence-corrected chi connectivity index (χ4v) is 6.52. The van der Waals surface area contributed by atoms with Crippen LogP contribution in [0.25, 0.3) is 11.1 Å². The molecule has 0 radical (unpaired) electrons. The van der Waals surface area contributed by atoms with Gasteiger partial charge in [0.25, 0.3) is 0 Å². The molecule has 2 aromatic carbocycles. The second kappa shape index (κ2) is 11.6. The summed E-state index contributed by atoms with van der Waals surface area (Å²) in [5, 5.41) is 0. The van der Waals surface area contributed by atoms with Crippen molar-refractivity contribution >= 4 is 0 Å². The Morgan fingerprint density at radius 1 is 0.794 bits per heavy atom. The van der Waals surface area contributed by atoms with Crippen molar-refractivity contribution in [2.75, 3.05) is 7.11 Å². The zero-order valence-corrected chi connectivity index (χ0v) is 20.7. The van der Waals surface area contributed by atoms with Gasteiger partial charge in [0.1, 0.15) is 5.82 Å². The average Bonchev–Trinajstić information content (AvgIpc) is 2.83. The van der Waals surface area contributed by atoms with Gasteiger partial charge in [-0.1, -0.05) is 64.0 Å². The maximum atomic E-state index is 15.0. The maximum Gasteiger partial charge on any atom is 0.190 e. The Bertz CT molecular complexity index is 933. The molecule has 2 aromatic rings. The molecule has 0 aromatic heterocycles. The van der Waals surface area contributed by atoms with E-state index in [1.165, 1.54) is 71.3 Å². The van der Waals surface area contributed by atoms with E-state index < -0.39 is 23.2 Å². The summed E-state index contributed by atoms with van der Waals surface area (Å²) >= 11 is 0. The lowest BCUT2D eigenvalue weighted by Crippen LogP contribution is -2.30. The Morgan fingerprint density at radius 2 is 1.50 bits per heavy atom. The molecule has 0 N–H and O–H groups in total. The second-order valence-corrected chi connectivity index (χ2v) is 10.6. The van der Waals surface area contributed by atoms with Crippen LogP contribution in [0.4, 0.5) is 13.2 Å². The highest BCUT2D eigenvalue weighted by molar-refractivity contribution is 5.66. The number of fused-ring (bicyclic) bond motifs is 1. The SMILES string of the molecule is CCCCCCCC1CC[C@@H]2C[C@H](c3ccc(-c4cc(F)c(OC)c(F)c4)c(F)c3)CC[C@@H]2C1. The number of ether oxygens (including phenoxy) is 1. The van der Waals surface area contributed by atoms with Crippen LogP contribution in [0, 0.1) is 35.2 Å². The number of unbranched alkanes of at least 4 members (excludes halogenated alkanes) is 4. The highest BCUT2D eigenvalue weighted by Crippen LogP contribution is 2.48. The molecule has 0 aliphatic heterocycles. The summed E-state index contributed by atoms with van der Waals surface area (Å²) in [6.07, 6.45) is 15.8.